The van der Waals surface area contributed by atoms with Crippen molar-refractivity contribution in [3.8, 4) is 5.75 Å². The normalized spacial score (nSPS) is 12.4. The van der Waals surface area contributed by atoms with Gasteiger partial charge in [0.25, 0.3) is 0 Å². The van der Waals surface area contributed by atoms with Gasteiger partial charge in [0, 0.05) is 6.42 Å². The number of ether oxygens (including phenoxy) is 1. The molecule has 0 radical (unpaired) electrons. The van der Waals surface area contributed by atoms with E-state index in [2.05, 4.69) is 6.92 Å². The van der Waals surface area contributed by atoms with Gasteiger partial charge in [-0.05, 0) is 36.2 Å². The van der Waals surface area contributed by atoms with Gasteiger partial charge >= 0.3 is 0 Å². The lowest BCUT2D eigenvalue weighted by Crippen LogP contribution is -2.12. The van der Waals surface area contributed by atoms with Crippen LogP contribution in [0.2, 0.25) is 0 Å². The van der Waals surface area contributed by atoms with Crippen LogP contribution < -0.4 is 10.5 Å². The summed E-state index contributed by atoms with van der Waals surface area (Å²) < 4.78 is 10.8. The lowest BCUT2D eigenvalue weighted by molar-refractivity contribution is 0.414. The molecule has 0 saturated heterocycles. The first-order valence-electron chi connectivity index (χ1n) is 6.20. The zero-order valence-corrected chi connectivity index (χ0v) is 10.8. The Kier molecular flexibility index (Phi) is 4.05. The van der Waals surface area contributed by atoms with Crippen LogP contribution in [0, 0.1) is 0 Å². The maximum Gasteiger partial charge on any atom is 0.121 e. The number of nitrogens with two attached hydrogens (primary N) is 1. The molecule has 0 amide bonds. The Hall–Kier alpha value is -1.74. The van der Waals surface area contributed by atoms with Gasteiger partial charge in [-0.1, -0.05) is 19.1 Å². The highest BCUT2D eigenvalue weighted by Crippen LogP contribution is 2.20. The first-order chi connectivity index (χ1) is 8.72. The van der Waals surface area contributed by atoms with Crippen LogP contribution in [0.4, 0.5) is 0 Å². The van der Waals surface area contributed by atoms with Crippen LogP contribution in [-0.2, 0) is 12.8 Å². The molecule has 0 aliphatic carbocycles. The van der Waals surface area contributed by atoms with E-state index in [0.717, 1.165) is 30.1 Å². The Morgan fingerprint density at radius 3 is 2.44 bits per heavy atom. The lowest BCUT2D eigenvalue weighted by Gasteiger charge is -2.09. The van der Waals surface area contributed by atoms with E-state index in [4.69, 9.17) is 14.9 Å². The third kappa shape index (κ3) is 2.93. The summed E-state index contributed by atoms with van der Waals surface area (Å²) in [4.78, 5) is 0. The van der Waals surface area contributed by atoms with Crippen molar-refractivity contribution in [2.75, 3.05) is 7.11 Å². The minimum absolute atomic E-state index is 0.0984. The number of aryl methyl sites for hydroxylation is 1. The number of methoxy groups -OCH3 is 1. The predicted molar refractivity (Wildman–Crippen MR) is 71.7 cm³/mol. The minimum atomic E-state index is -0.0984. The predicted octanol–water partition coefficient (Wildman–Crippen LogP) is 3.09. The summed E-state index contributed by atoms with van der Waals surface area (Å²) in [6, 6.07) is 11.8. The zero-order valence-electron chi connectivity index (χ0n) is 10.8. The van der Waals surface area contributed by atoms with Crippen molar-refractivity contribution in [1.82, 2.24) is 0 Å². The Labute approximate surface area is 108 Å². The second kappa shape index (κ2) is 5.74. The lowest BCUT2D eigenvalue weighted by atomic mass is 10.0. The average molecular weight is 245 g/mol. The molecule has 96 valence electrons. The Morgan fingerprint density at radius 2 is 1.89 bits per heavy atom. The summed E-state index contributed by atoms with van der Waals surface area (Å²) in [6.45, 7) is 2.07. The van der Waals surface area contributed by atoms with Crippen LogP contribution in [0.15, 0.2) is 40.8 Å². The summed E-state index contributed by atoms with van der Waals surface area (Å²) >= 11 is 0. The molecule has 1 atom stereocenters. The maximum atomic E-state index is 6.14. The molecule has 0 saturated carbocycles. The molecule has 2 N–H and O–H groups in total. The first-order valence-corrected chi connectivity index (χ1v) is 6.20. The van der Waals surface area contributed by atoms with E-state index in [-0.39, 0.29) is 6.04 Å². The summed E-state index contributed by atoms with van der Waals surface area (Å²) in [5, 5.41) is 0. The van der Waals surface area contributed by atoms with Crippen LogP contribution in [0.1, 0.15) is 30.0 Å². The number of benzene rings is 1. The molecule has 3 nitrogen and oxygen atoms in total. The number of rotatable bonds is 5. The average Bonchev–Trinajstić information content (AvgIpc) is 2.88. The highest BCUT2D eigenvalue weighted by Gasteiger charge is 2.11. The van der Waals surface area contributed by atoms with E-state index in [0.29, 0.717) is 0 Å². The first kappa shape index (κ1) is 12.7. The fraction of sp³-hybridized carbons (Fsp3) is 0.333. The number of hydrogen-bond donors (Lipinski definition) is 1. The van der Waals surface area contributed by atoms with Gasteiger partial charge in [0.2, 0.25) is 0 Å². The van der Waals surface area contributed by atoms with Crippen LogP contribution in [0.25, 0.3) is 0 Å². The summed E-state index contributed by atoms with van der Waals surface area (Å²) in [6.07, 6.45) is 1.66. The van der Waals surface area contributed by atoms with Gasteiger partial charge in [-0.15, -0.1) is 0 Å². The molecule has 18 heavy (non-hydrogen) atoms. The van der Waals surface area contributed by atoms with E-state index in [1.807, 2.05) is 36.4 Å². The molecular formula is C15H19NO2. The van der Waals surface area contributed by atoms with Gasteiger partial charge < -0.3 is 14.9 Å². The van der Waals surface area contributed by atoms with Gasteiger partial charge in [0.05, 0.1) is 13.2 Å². The molecule has 2 rings (SSSR count). The quantitative estimate of drug-likeness (QED) is 0.880. The molecule has 0 fully saturated rings. The second-order valence-corrected chi connectivity index (χ2v) is 4.32. The second-order valence-electron chi connectivity index (χ2n) is 4.32. The van der Waals surface area contributed by atoms with Gasteiger partial charge in [-0.25, -0.2) is 0 Å². The maximum absolute atomic E-state index is 6.14. The molecular weight excluding hydrogens is 226 g/mol. The molecule has 1 aromatic heterocycles. The molecule has 0 bridgehead atoms. The Morgan fingerprint density at radius 1 is 1.17 bits per heavy atom. The van der Waals surface area contributed by atoms with Crippen molar-refractivity contribution >= 4 is 0 Å². The van der Waals surface area contributed by atoms with Gasteiger partial charge in [-0.3, -0.25) is 0 Å². The molecule has 0 spiro atoms. The SMILES string of the molecule is CCc1ccc(C(N)Cc2ccc(OC)cc2)o1. The largest absolute Gasteiger partial charge is 0.497 e. The van der Waals surface area contributed by atoms with Crippen LogP contribution >= 0.6 is 0 Å². The zero-order chi connectivity index (χ0) is 13.0. The monoisotopic (exact) mass is 245 g/mol. The third-order valence-corrected chi connectivity index (χ3v) is 3.01. The Bertz CT molecular complexity index is 487. The van der Waals surface area contributed by atoms with Gasteiger partial charge in [-0.2, -0.15) is 0 Å². The standard InChI is InChI=1S/C15H19NO2/c1-3-12-8-9-15(18-12)14(16)10-11-4-6-13(17-2)7-5-11/h4-9,14H,3,10,16H2,1-2H3. The van der Waals surface area contributed by atoms with Crippen molar-refractivity contribution < 1.29 is 9.15 Å². The molecule has 1 unspecified atom stereocenters. The van der Waals surface area contributed by atoms with E-state index >= 15 is 0 Å². The molecule has 1 aromatic carbocycles. The van der Waals surface area contributed by atoms with Gasteiger partial charge in [0.1, 0.15) is 17.3 Å². The summed E-state index contributed by atoms with van der Waals surface area (Å²) in [5.74, 6) is 2.69. The number of hydrogen-bond acceptors (Lipinski definition) is 3. The summed E-state index contributed by atoms with van der Waals surface area (Å²) in [5.41, 5.74) is 7.32. The van der Waals surface area contributed by atoms with Crippen molar-refractivity contribution in [3.05, 3.63) is 53.5 Å². The van der Waals surface area contributed by atoms with E-state index in [9.17, 15) is 0 Å². The van der Waals surface area contributed by atoms with E-state index < -0.39 is 0 Å². The van der Waals surface area contributed by atoms with Crippen LogP contribution in [-0.4, -0.2) is 7.11 Å². The van der Waals surface area contributed by atoms with Crippen LogP contribution in [0.5, 0.6) is 5.75 Å². The van der Waals surface area contributed by atoms with Crippen LogP contribution in [0.3, 0.4) is 0 Å². The fourth-order valence-corrected chi connectivity index (χ4v) is 1.90. The van der Waals surface area contributed by atoms with Crippen molar-refractivity contribution in [2.45, 2.75) is 25.8 Å². The smallest absolute Gasteiger partial charge is 0.121 e. The highest BCUT2D eigenvalue weighted by atomic mass is 16.5. The molecule has 0 aliphatic heterocycles. The third-order valence-electron chi connectivity index (χ3n) is 3.01. The number of furan rings is 1. The Balaban J connectivity index is 2.03. The minimum Gasteiger partial charge on any atom is -0.497 e. The summed E-state index contributed by atoms with van der Waals surface area (Å²) in [7, 11) is 1.66. The molecule has 1 heterocycles. The van der Waals surface area contributed by atoms with Gasteiger partial charge in [0.15, 0.2) is 0 Å². The van der Waals surface area contributed by atoms with Crippen molar-refractivity contribution in [2.24, 2.45) is 5.73 Å². The molecule has 0 aliphatic rings. The molecule has 3 heteroatoms. The van der Waals surface area contributed by atoms with E-state index in [1.165, 1.54) is 5.56 Å². The van der Waals surface area contributed by atoms with Crippen molar-refractivity contribution in [1.29, 1.82) is 0 Å². The van der Waals surface area contributed by atoms with E-state index in [1.54, 1.807) is 7.11 Å². The van der Waals surface area contributed by atoms with Crippen molar-refractivity contribution in [3.63, 3.8) is 0 Å². The topological polar surface area (TPSA) is 48.4 Å². The molecule has 2 aromatic rings. The highest BCUT2D eigenvalue weighted by molar-refractivity contribution is 5.28. The fourth-order valence-electron chi connectivity index (χ4n) is 1.90.